The summed E-state index contributed by atoms with van der Waals surface area (Å²) in [7, 11) is 1.67. The lowest BCUT2D eigenvalue weighted by Crippen LogP contribution is -2.16. The van der Waals surface area contributed by atoms with Gasteiger partial charge in [-0.2, -0.15) is 8.75 Å². The van der Waals surface area contributed by atoms with E-state index in [-0.39, 0.29) is 11.3 Å². The van der Waals surface area contributed by atoms with Crippen LogP contribution in [-0.4, -0.2) is 27.1 Å². The van der Waals surface area contributed by atoms with Crippen molar-refractivity contribution in [3.63, 3.8) is 0 Å². The van der Waals surface area contributed by atoms with E-state index in [1.165, 1.54) is 4.57 Å². The van der Waals surface area contributed by atoms with Gasteiger partial charge < -0.3 is 18.8 Å². The first kappa shape index (κ1) is 19.6. The van der Waals surface area contributed by atoms with Gasteiger partial charge in [0.05, 0.1) is 11.7 Å². The molecular formula is C21H15N4O4S2-. The molecule has 0 saturated heterocycles. The third-order valence-corrected chi connectivity index (χ3v) is 6.09. The van der Waals surface area contributed by atoms with Crippen molar-refractivity contribution in [1.29, 1.82) is 0 Å². The van der Waals surface area contributed by atoms with Gasteiger partial charge in [0.15, 0.2) is 5.75 Å². The Morgan fingerprint density at radius 1 is 1.16 bits per heavy atom. The Morgan fingerprint density at radius 2 is 2.03 bits per heavy atom. The minimum Gasteiger partial charge on any atom is -0.772 e. The Morgan fingerprint density at radius 3 is 2.87 bits per heavy atom. The fraction of sp³-hybridized carbons (Fsp3) is 0.0952. The quantitative estimate of drug-likeness (QED) is 0.408. The van der Waals surface area contributed by atoms with Crippen molar-refractivity contribution in [2.75, 3.05) is 0 Å². The third-order valence-electron chi connectivity index (χ3n) is 4.98. The SMILES string of the molecule is Cn1cc(-c2cc(CS(=O)[O-])ccc2Oc2cccc3nsnc23)c2cc[nH]c2c1=O. The number of nitrogens with zero attached hydrogens (tertiary/aromatic N) is 3. The average molecular weight is 452 g/mol. The number of ether oxygens (including phenoxy) is 1. The molecule has 0 aliphatic carbocycles. The van der Waals surface area contributed by atoms with Gasteiger partial charge in [-0.1, -0.05) is 23.2 Å². The number of nitrogens with one attached hydrogen (secondary N) is 1. The molecule has 10 heteroatoms. The smallest absolute Gasteiger partial charge is 0.274 e. The molecule has 0 aliphatic rings. The maximum atomic E-state index is 12.5. The molecule has 0 fully saturated rings. The standard InChI is InChI=1S/C21H16N4O4S2/c1-25-10-15(13-7-8-22-19(13)21(25)26)14-9-12(11-31(27)28)5-6-17(14)29-18-4-2-3-16-20(18)24-30-23-16/h2-10,22H,11H2,1H3,(H,27,28)/p-1. The molecule has 156 valence electrons. The topological polar surface area (TPSA) is 113 Å². The molecule has 5 aromatic rings. The van der Waals surface area contributed by atoms with Gasteiger partial charge in [-0.05, 0) is 35.9 Å². The van der Waals surface area contributed by atoms with Crippen LogP contribution >= 0.6 is 11.7 Å². The summed E-state index contributed by atoms with van der Waals surface area (Å²) >= 11 is -1.13. The van der Waals surface area contributed by atoms with Gasteiger partial charge in [0.25, 0.3) is 5.56 Å². The summed E-state index contributed by atoms with van der Waals surface area (Å²) < 4.78 is 38.9. The Balaban J connectivity index is 1.73. The molecule has 0 radical (unpaired) electrons. The predicted octanol–water partition coefficient (Wildman–Crippen LogP) is 3.71. The number of hydrogen-bond donors (Lipinski definition) is 1. The molecule has 3 aromatic heterocycles. The number of fused-ring (bicyclic) bond motifs is 2. The number of hydrogen-bond acceptors (Lipinski definition) is 7. The highest BCUT2D eigenvalue weighted by molar-refractivity contribution is 7.78. The lowest BCUT2D eigenvalue weighted by Gasteiger charge is -2.16. The third kappa shape index (κ3) is 3.54. The minimum atomic E-state index is -2.24. The number of rotatable bonds is 5. The maximum absolute atomic E-state index is 12.5. The molecule has 0 bridgehead atoms. The molecule has 8 nitrogen and oxygen atoms in total. The second-order valence-electron chi connectivity index (χ2n) is 6.99. The van der Waals surface area contributed by atoms with Crippen molar-refractivity contribution >= 4 is 44.7 Å². The largest absolute Gasteiger partial charge is 0.772 e. The van der Waals surface area contributed by atoms with E-state index in [0.717, 1.165) is 28.2 Å². The highest BCUT2D eigenvalue weighted by Crippen LogP contribution is 2.38. The zero-order valence-corrected chi connectivity index (χ0v) is 17.8. The first-order valence-corrected chi connectivity index (χ1v) is 11.2. The van der Waals surface area contributed by atoms with Gasteiger partial charge in [0, 0.05) is 41.7 Å². The van der Waals surface area contributed by atoms with E-state index in [9.17, 15) is 13.6 Å². The molecule has 0 spiro atoms. The molecule has 5 rings (SSSR count). The van der Waals surface area contributed by atoms with Crippen LogP contribution in [0.4, 0.5) is 0 Å². The van der Waals surface area contributed by atoms with Crippen LogP contribution in [0.3, 0.4) is 0 Å². The molecule has 1 unspecified atom stereocenters. The zero-order chi connectivity index (χ0) is 21.5. The molecule has 2 aromatic carbocycles. The van der Waals surface area contributed by atoms with E-state index in [2.05, 4.69) is 13.7 Å². The van der Waals surface area contributed by atoms with Gasteiger partial charge in [-0.25, -0.2) is 0 Å². The summed E-state index contributed by atoms with van der Waals surface area (Å²) in [6.07, 6.45) is 3.43. The summed E-state index contributed by atoms with van der Waals surface area (Å²) in [5, 5.41) is 0.724. The fourth-order valence-corrected chi connectivity index (χ4v) is 4.56. The lowest BCUT2D eigenvalue weighted by atomic mass is 10.0. The fourth-order valence-electron chi connectivity index (χ4n) is 3.57. The van der Waals surface area contributed by atoms with Crippen LogP contribution in [0.25, 0.3) is 33.1 Å². The number of pyridine rings is 1. The van der Waals surface area contributed by atoms with E-state index in [1.807, 2.05) is 18.2 Å². The summed E-state index contributed by atoms with van der Waals surface area (Å²) in [6, 6.07) is 12.5. The van der Waals surface area contributed by atoms with E-state index < -0.39 is 11.1 Å². The number of benzene rings is 2. The number of aromatic amines is 1. The molecule has 1 N–H and O–H groups in total. The van der Waals surface area contributed by atoms with Crippen molar-refractivity contribution in [2.45, 2.75) is 5.75 Å². The molecule has 31 heavy (non-hydrogen) atoms. The Kier molecular flexibility index (Phi) is 4.89. The molecule has 1 atom stereocenters. The summed E-state index contributed by atoms with van der Waals surface area (Å²) in [5.41, 5.74) is 3.73. The van der Waals surface area contributed by atoms with E-state index in [1.54, 1.807) is 43.7 Å². The summed E-state index contributed by atoms with van der Waals surface area (Å²) in [4.78, 5) is 15.5. The van der Waals surface area contributed by atoms with Gasteiger partial charge in [0.2, 0.25) is 0 Å². The van der Waals surface area contributed by atoms with Gasteiger partial charge >= 0.3 is 0 Å². The van der Waals surface area contributed by atoms with E-state index >= 15 is 0 Å². The summed E-state index contributed by atoms with van der Waals surface area (Å²) in [5.74, 6) is 0.936. The minimum absolute atomic E-state index is 0.124. The maximum Gasteiger partial charge on any atom is 0.274 e. The number of H-pyrrole nitrogens is 1. The van der Waals surface area contributed by atoms with Crippen molar-refractivity contribution < 1.29 is 13.5 Å². The highest BCUT2D eigenvalue weighted by Gasteiger charge is 2.17. The van der Waals surface area contributed by atoms with E-state index in [0.29, 0.717) is 33.7 Å². The van der Waals surface area contributed by atoms with Crippen molar-refractivity contribution in [2.24, 2.45) is 7.05 Å². The van der Waals surface area contributed by atoms with Crippen molar-refractivity contribution in [3.05, 3.63) is 70.8 Å². The van der Waals surface area contributed by atoms with E-state index in [4.69, 9.17) is 4.74 Å². The van der Waals surface area contributed by atoms with Crippen LogP contribution in [-0.2, 0) is 23.9 Å². The van der Waals surface area contributed by atoms with Crippen molar-refractivity contribution in [3.8, 4) is 22.6 Å². The molecule has 3 heterocycles. The van der Waals surface area contributed by atoms with Crippen molar-refractivity contribution in [1.82, 2.24) is 18.3 Å². The predicted molar refractivity (Wildman–Crippen MR) is 119 cm³/mol. The lowest BCUT2D eigenvalue weighted by molar-refractivity contribution is 0.489. The van der Waals surface area contributed by atoms with Crippen LogP contribution in [0.15, 0.2) is 59.7 Å². The van der Waals surface area contributed by atoms with Crippen LogP contribution in [0.5, 0.6) is 11.5 Å². The first-order chi connectivity index (χ1) is 15.0. The second kappa shape index (κ2) is 7.73. The van der Waals surface area contributed by atoms with Gasteiger partial charge in [-0.15, -0.1) is 0 Å². The normalized spacial score (nSPS) is 12.5. The van der Waals surface area contributed by atoms with Crippen LogP contribution in [0.2, 0.25) is 0 Å². The van der Waals surface area contributed by atoms with Gasteiger partial charge in [-0.3, -0.25) is 9.00 Å². The zero-order valence-electron chi connectivity index (χ0n) is 16.2. The Bertz CT molecular complexity index is 1520. The molecular weight excluding hydrogens is 436 g/mol. The van der Waals surface area contributed by atoms with Crippen LogP contribution in [0, 0.1) is 0 Å². The van der Waals surface area contributed by atoms with Gasteiger partial charge in [0.1, 0.15) is 22.3 Å². The van der Waals surface area contributed by atoms with Crippen LogP contribution in [0.1, 0.15) is 5.56 Å². The summed E-state index contributed by atoms with van der Waals surface area (Å²) in [6.45, 7) is 0. The Hall–Kier alpha value is -3.34. The molecule has 0 aliphatic heterocycles. The molecule has 0 amide bonds. The first-order valence-electron chi connectivity index (χ1n) is 9.26. The monoisotopic (exact) mass is 451 g/mol. The highest BCUT2D eigenvalue weighted by atomic mass is 32.2. The average Bonchev–Trinajstić information content (AvgIpc) is 3.42. The molecule has 0 saturated carbocycles. The van der Waals surface area contributed by atoms with Crippen LogP contribution < -0.4 is 10.3 Å². The Labute approximate surface area is 182 Å². The number of aryl methyl sites for hydroxylation is 1. The number of aromatic nitrogens is 4. The second-order valence-corrected chi connectivity index (χ2v) is 8.42.